The molecule has 0 saturated heterocycles. The summed E-state index contributed by atoms with van der Waals surface area (Å²) < 4.78 is 1.98. The molecule has 3 nitrogen and oxygen atoms in total. The van der Waals surface area contributed by atoms with Crippen molar-refractivity contribution < 1.29 is 4.79 Å². The fourth-order valence-corrected chi connectivity index (χ4v) is 4.14. The maximum absolute atomic E-state index is 13.1. The highest BCUT2D eigenvalue weighted by Gasteiger charge is 2.21. The Morgan fingerprint density at radius 2 is 1.74 bits per heavy atom. The molecule has 4 aromatic rings. The Morgan fingerprint density at radius 1 is 1.00 bits per heavy atom. The van der Waals surface area contributed by atoms with Crippen molar-refractivity contribution in [2.24, 2.45) is 0 Å². The Bertz CT molecular complexity index is 1080. The molecule has 0 fully saturated rings. The fourth-order valence-electron chi connectivity index (χ4n) is 3.00. The highest BCUT2D eigenvalue weighted by Crippen LogP contribution is 2.35. The second-order valence-electron chi connectivity index (χ2n) is 6.15. The van der Waals surface area contributed by atoms with Crippen molar-refractivity contribution >= 4 is 34.5 Å². The fraction of sp³-hybridized carbons (Fsp3) is 0.0455. The van der Waals surface area contributed by atoms with E-state index in [1.54, 1.807) is 0 Å². The minimum atomic E-state index is -0.142. The third-order valence-electron chi connectivity index (χ3n) is 4.43. The lowest BCUT2D eigenvalue weighted by Gasteiger charge is -2.12. The minimum Gasteiger partial charge on any atom is -0.322 e. The summed E-state index contributed by atoms with van der Waals surface area (Å²) in [4.78, 5) is 13.7. The van der Waals surface area contributed by atoms with Crippen LogP contribution in [0.15, 0.2) is 78.4 Å². The topological polar surface area (TPSA) is 34.0 Å². The van der Waals surface area contributed by atoms with Gasteiger partial charge >= 0.3 is 0 Å². The number of thiophene rings is 1. The first-order valence-electron chi connectivity index (χ1n) is 8.52. The second-order valence-corrected chi connectivity index (χ2v) is 7.44. The van der Waals surface area contributed by atoms with Crippen LogP contribution in [0.5, 0.6) is 0 Å². The van der Waals surface area contributed by atoms with E-state index in [4.69, 9.17) is 11.6 Å². The Hall–Kier alpha value is -2.82. The predicted octanol–water partition coefficient (Wildman–Crippen LogP) is 6.42. The number of amides is 1. The molecule has 1 amide bonds. The molecule has 134 valence electrons. The van der Waals surface area contributed by atoms with Crippen LogP contribution in [-0.4, -0.2) is 10.5 Å². The molecule has 0 saturated carbocycles. The van der Waals surface area contributed by atoms with Gasteiger partial charge in [0, 0.05) is 34.0 Å². The predicted molar refractivity (Wildman–Crippen MR) is 113 cm³/mol. The number of nitrogens with zero attached hydrogens (tertiary/aromatic N) is 1. The summed E-state index contributed by atoms with van der Waals surface area (Å²) >= 11 is 7.63. The van der Waals surface area contributed by atoms with Crippen molar-refractivity contribution in [1.29, 1.82) is 0 Å². The molecule has 0 aliphatic carbocycles. The molecule has 2 aromatic carbocycles. The Morgan fingerprint density at radius 3 is 2.48 bits per heavy atom. The van der Waals surface area contributed by atoms with Gasteiger partial charge in [-0.1, -0.05) is 48.0 Å². The number of carbonyl (C=O) groups excluding carboxylic acids is 1. The number of anilines is 1. The highest BCUT2D eigenvalue weighted by molar-refractivity contribution is 7.13. The van der Waals surface area contributed by atoms with Gasteiger partial charge in [0.05, 0.1) is 5.69 Å². The van der Waals surface area contributed by atoms with Crippen molar-refractivity contribution in [3.63, 3.8) is 0 Å². The molecule has 2 aromatic heterocycles. The van der Waals surface area contributed by atoms with Crippen LogP contribution in [0.3, 0.4) is 0 Å². The normalized spacial score (nSPS) is 10.7. The molecule has 0 aliphatic heterocycles. The lowest BCUT2D eigenvalue weighted by Crippen LogP contribution is -2.13. The van der Waals surface area contributed by atoms with Crippen LogP contribution in [-0.2, 0) is 0 Å². The van der Waals surface area contributed by atoms with Crippen LogP contribution in [0.1, 0.15) is 15.2 Å². The van der Waals surface area contributed by atoms with E-state index in [1.807, 2.05) is 77.8 Å². The van der Waals surface area contributed by atoms with Crippen molar-refractivity contribution in [2.45, 2.75) is 6.92 Å². The average molecular weight is 393 g/mol. The van der Waals surface area contributed by atoms with E-state index in [2.05, 4.69) is 17.4 Å². The number of benzene rings is 2. The molecule has 0 unspecified atom stereocenters. The Labute approximate surface area is 166 Å². The summed E-state index contributed by atoms with van der Waals surface area (Å²) in [6.45, 7) is 1.90. The van der Waals surface area contributed by atoms with E-state index < -0.39 is 0 Å². The molecule has 2 heterocycles. The third kappa shape index (κ3) is 3.42. The van der Waals surface area contributed by atoms with Crippen LogP contribution in [0.2, 0.25) is 5.02 Å². The first-order valence-corrected chi connectivity index (χ1v) is 9.77. The number of hydrogen-bond acceptors (Lipinski definition) is 2. The summed E-state index contributed by atoms with van der Waals surface area (Å²) in [6.07, 6.45) is 3.91. The van der Waals surface area contributed by atoms with Crippen molar-refractivity contribution in [3.05, 3.63) is 93.9 Å². The summed E-state index contributed by atoms with van der Waals surface area (Å²) in [7, 11) is 0. The van der Waals surface area contributed by atoms with E-state index >= 15 is 0 Å². The smallest absolute Gasteiger partial charge is 0.267 e. The van der Waals surface area contributed by atoms with Crippen LogP contribution in [0.4, 0.5) is 5.69 Å². The maximum Gasteiger partial charge on any atom is 0.267 e. The van der Waals surface area contributed by atoms with Gasteiger partial charge in [-0.2, -0.15) is 0 Å². The quantitative estimate of drug-likeness (QED) is 0.427. The lowest BCUT2D eigenvalue weighted by molar-refractivity contribution is 0.103. The molecular formula is C22H17ClN2OS. The minimum absolute atomic E-state index is 0.142. The summed E-state index contributed by atoms with van der Waals surface area (Å²) in [5, 5.41) is 5.67. The number of rotatable bonds is 4. The number of nitrogens with one attached hydrogen (secondary N) is 1. The van der Waals surface area contributed by atoms with Gasteiger partial charge < -0.3 is 9.88 Å². The van der Waals surface area contributed by atoms with Crippen LogP contribution in [0.25, 0.3) is 16.8 Å². The van der Waals surface area contributed by atoms with Gasteiger partial charge in [-0.25, -0.2) is 0 Å². The molecule has 27 heavy (non-hydrogen) atoms. The molecule has 0 bridgehead atoms. The number of hydrogen-bond donors (Lipinski definition) is 1. The van der Waals surface area contributed by atoms with Gasteiger partial charge in [0.25, 0.3) is 5.91 Å². The number of aromatic nitrogens is 1. The van der Waals surface area contributed by atoms with Crippen LogP contribution < -0.4 is 5.32 Å². The molecule has 1 N–H and O–H groups in total. The monoisotopic (exact) mass is 392 g/mol. The molecule has 0 atom stereocenters. The van der Waals surface area contributed by atoms with Crippen molar-refractivity contribution in [3.8, 4) is 16.8 Å². The number of carbonyl (C=O) groups is 1. The summed E-state index contributed by atoms with van der Waals surface area (Å²) in [5.41, 5.74) is 4.57. The zero-order valence-electron chi connectivity index (χ0n) is 14.6. The number of halogens is 1. The van der Waals surface area contributed by atoms with Crippen molar-refractivity contribution in [1.82, 2.24) is 4.57 Å². The molecule has 0 spiro atoms. The Balaban J connectivity index is 1.78. The van der Waals surface area contributed by atoms with E-state index in [-0.39, 0.29) is 5.91 Å². The largest absolute Gasteiger partial charge is 0.322 e. The van der Waals surface area contributed by atoms with E-state index in [9.17, 15) is 4.79 Å². The molecule has 4 rings (SSSR count). The maximum atomic E-state index is 13.1. The lowest BCUT2D eigenvalue weighted by atomic mass is 10.1. The van der Waals surface area contributed by atoms with E-state index in [1.165, 1.54) is 11.3 Å². The molecule has 0 radical (unpaired) electrons. The average Bonchev–Trinajstić information content (AvgIpc) is 3.35. The zero-order chi connectivity index (χ0) is 18.8. The summed E-state index contributed by atoms with van der Waals surface area (Å²) in [5.74, 6) is -0.142. The first-order chi connectivity index (χ1) is 13.1. The van der Waals surface area contributed by atoms with Gasteiger partial charge in [-0.3, -0.25) is 4.79 Å². The van der Waals surface area contributed by atoms with Gasteiger partial charge in [-0.15, -0.1) is 11.3 Å². The standard InChI is InChI=1S/C22H17ClN2OS/c1-15-18(23)10-7-11-19(15)24-22(26)21-20(25-12-5-6-13-25)17(14-27-21)16-8-3-2-4-9-16/h2-14H,1H3,(H,24,26). The van der Waals surface area contributed by atoms with Gasteiger partial charge in [0.15, 0.2) is 0 Å². The molecular weight excluding hydrogens is 376 g/mol. The molecule has 5 heteroatoms. The SMILES string of the molecule is Cc1c(Cl)cccc1NC(=O)c1scc(-c2ccccc2)c1-n1cccc1. The highest BCUT2D eigenvalue weighted by atomic mass is 35.5. The van der Waals surface area contributed by atoms with Crippen LogP contribution in [0, 0.1) is 6.92 Å². The van der Waals surface area contributed by atoms with E-state index in [0.717, 1.165) is 28.1 Å². The zero-order valence-corrected chi connectivity index (χ0v) is 16.2. The molecule has 0 aliphatic rings. The Kier molecular flexibility index (Phi) is 4.84. The van der Waals surface area contributed by atoms with Gasteiger partial charge in [0.1, 0.15) is 4.88 Å². The van der Waals surface area contributed by atoms with Gasteiger partial charge in [0.2, 0.25) is 0 Å². The van der Waals surface area contributed by atoms with Crippen molar-refractivity contribution in [2.75, 3.05) is 5.32 Å². The van der Waals surface area contributed by atoms with Gasteiger partial charge in [-0.05, 0) is 42.3 Å². The van der Waals surface area contributed by atoms with E-state index in [0.29, 0.717) is 9.90 Å². The summed E-state index contributed by atoms with van der Waals surface area (Å²) in [6, 6.07) is 19.5. The van der Waals surface area contributed by atoms with Crippen LogP contribution >= 0.6 is 22.9 Å². The first kappa shape index (κ1) is 17.6. The second kappa shape index (κ2) is 7.43. The third-order valence-corrected chi connectivity index (χ3v) is 5.81.